The van der Waals surface area contributed by atoms with E-state index in [0.29, 0.717) is 18.1 Å². The van der Waals surface area contributed by atoms with E-state index in [2.05, 4.69) is 10.3 Å². The summed E-state index contributed by atoms with van der Waals surface area (Å²) in [5.41, 5.74) is 2.25. The first kappa shape index (κ1) is 10.6. The standard InChI is InChI=1S/C7H14N2O3S/c1-12-8-7(10)6-9-2-4-13(11)5-3-9/h2-6H2,1H3,(H,8,10). The van der Waals surface area contributed by atoms with Gasteiger partial charge in [-0.15, -0.1) is 0 Å². The second-order valence-corrected chi connectivity index (χ2v) is 4.55. The largest absolute Gasteiger partial charge is 0.293 e. The van der Waals surface area contributed by atoms with Crippen molar-refractivity contribution in [3.05, 3.63) is 0 Å². The van der Waals surface area contributed by atoms with Gasteiger partial charge in [0.2, 0.25) is 0 Å². The predicted octanol–water partition coefficient (Wildman–Crippen LogP) is -1.27. The Labute approximate surface area is 79.8 Å². The quantitative estimate of drug-likeness (QED) is 0.585. The highest BCUT2D eigenvalue weighted by Crippen LogP contribution is 1.98. The van der Waals surface area contributed by atoms with Gasteiger partial charge in [-0.25, -0.2) is 5.48 Å². The third kappa shape index (κ3) is 3.84. The molecule has 1 N–H and O–H groups in total. The average Bonchev–Trinajstić information content (AvgIpc) is 2.09. The van der Waals surface area contributed by atoms with Gasteiger partial charge in [0.1, 0.15) is 0 Å². The van der Waals surface area contributed by atoms with Crippen molar-refractivity contribution in [3.63, 3.8) is 0 Å². The molecule has 1 aliphatic rings. The van der Waals surface area contributed by atoms with E-state index >= 15 is 0 Å². The summed E-state index contributed by atoms with van der Waals surface area (Å²) in [4.78, 5) is 17.5. The normalized spacial score (nSPS) is 20.1. The van der Waals surface area contributed by atoms with E-state index in [0.717, 1.165) is 13.1 Å². The third-order valence-corrected chi connectivity index (χ3v) is 3.13. The summed E-state index contributed by atoms with van der Waals surface area (Å²) in [5.74, 6) is 1.18. The molecule has 0 aromatic heterocycles. The van der Waals surface area contributed by atoms with Crippen molar-refractivity contribution >= 4 is 16.7 Å². The summed E-state index contributed by atoms with van der Waals surface area (Å²) in [6.07, 6.45) is 0. The Hall–Kier alpha value is -0.460. The zero-order chi connectivity index (χ0) is 9.68. The number of nitrogens with one attached hydrogen (secondary N) is 1. The minimum Gasteiger partial charge on any atom is -0.293 e. The first-order valence-electron chi connectivity index (χ1n) is 4.11. The molecule has 0 aliphatic carbocycles. The molecular formula is C7H14N2O3S. The molecule has 1 rings (SSSR count). The Bertz CT molecular complexity index is 200. The second kappa shape index (κ2) is 5.31. The van der Waals surface area contributed by atoms with E-state index in [1.807, 2.05) is 4.90 Å². The fourth-order valence-electron chi connectivity index (χ4n) is 1.18. The van der Waals surface area contributed by atoms with Crippen LogP contribution in [0.5, 0.6) is 0 Å². The van der Waals surface area contributed by atoms with Crippen molar-refractivity contribution in [2.75, 3.05) is 38.2 Å². The molecule has 0 aromatic carbocycles. The number of amides is 1. The smallest absolute Gasteiger partial charge is 0.257 e. The van der Waals surface area contributed by atoms with E-state index in [4.69, 9.17) is 0 Å². The molecule has 0 aromatic rings. The highest BCUT2D eigenvalue weighted by molar-refractivity contribution is 7.85. The summed E-state index contributed by atoms with van der Waals surface area (Å²) < 4.78 is 11.0. The van der Waals surface area contributed by atoms with Crippen LogP contribution < -0.4 is 5.48 Å². The summed E-state index contributed by atoms with van der Waals surface area (Å²) in [7, 11) is 0.722. The number of carbonyl (C=O) groups is 1. The van der Waals surface area contributed by atoms with Crippen molar-refractivity contribution in [3.8, 4) is 0 Å². The van der Waals surface area contributed by atoms with Crippen LogP contribution in [0.3, 0.4) is 0 Å². The molecule has 1 fully saturated rings. The summed E-state index contributed by atoms with van der Waals surface area (Å²) in [6, 6.07) is 0. The SMILES string of the molecule is CONC(=O)CN1CCS(=O)CC1. The molecule has 0 bridgehead atoms. The Kier molecular flexibility index (Phi) is 4.34. The Morgan fingerprint density at radius 1 is 1.54 bits per heavy atom. The molecule has 76 valence electrons. The van der Waals surface area contributed by atoms with Crippen molar-refractivity contribution in [1.29, 1.82) is 0 Å². The van der Waals surface area contributed by atoms with E-state index in [1.54, 1.807) is 0 Å². The topological polar surface area (TPSA) is 58.6 Å². The van der Waals surface area contributed by atoms with Crippen molar-refractivity contribution in [2.45, 2.75) is 0 Å². The lowest BCUT2D eigenvalue weighted by molar-refractivity contribution is -0.132. The van der Waals surface area contributed by atoms with Gasteiger partial charge in [0.25, 0.3) is 5.91 Å². The van der Waals surface area contributed by atoms with E-state index in [-0.39, 0.29) is 5.91 Å². The van der Waals surface area contributed by atoms with Crippen LogP contribution in [0.15, 0.2) is 0 Å². The van der Waals surface area contributed by atoms with Gasteiger partial charge in [0, 0.05) is 35.4 Å². The van der Waals surface area contributed by atoms with Crippen LogP contribution in [0.2, 0.25) is 0 Å². The Morgan fingerprint density at radius 3 is 2.69 bits per heavy atom. The van der Waals surface area contributed by atoms with E-state index in [9.17, 15) is 9.00 Å². The zero-order valence-electron chi connectivity index (χ0n) is 7.62. The molecule has 13 heavy (non-hydrogen) atoms. The molecule has 1 aliphatic heterocycles. The molecule has 1 amide bonds. The van der Waals surface area contributed by atoms with Gasteiger partial charge in [-0.2, -0.15) is 0 Å². The maximum absolute atomic E-state index is 11.0. The third-order valence-electron chi connectivity index (χ3n) is 1.85. The van der Waals surface area contributed by atoms with Crippen LogP contribution in [-0.4, -0.2) is 53.3 Å². The van der Waals surface area contributed by atoms with Crippen LogP contribution in [0, 0.1) is 0 Å². The number of hydrogen-bond acceptors (Lipinski definition) is 4. The van der Waals surface area contributed by atoms with Gasteiger partial charge < -0.3 is 0 Å². The minimum absolute atomic E-state index is 0.157. The average molecular weight is 206 g/mol. The first-order chi connectivity index (χ1) is 6.22. The molecule has 0 radical (unpaired) electrons. The fraction of sp³-hybridized carbons (Fsp3) is 0.857. The van der Waals surface area contributed by atoms with E-state index < -0.39 is 10.8 Å². The molecule has 1 heterocycles. The first-order valence-corrected chi connectivity index (χ1v) is 5.60. The predicted molar refractivity (Wildman–Crippen MR) is 49.5 cm³/mol. The summed E-state index contributed by atoms with van der Waals surface area (Å²) >= 11 is 0. The monoisotopic (exact) mass is 206 g/mol. The van der Waals surface area contributed by atoms with Crippen molar-refractivity contribution in [1.82, 2.24) is 10.4 Å². The van der Waals surface area contributed by atoms with Crippen molar-refractivity contribution < 1.29 is 13.8 Å². The minimum atomic E-state index is -0.684. The van der Waals surface area contributed by atoms with Crippen LogP contribution in [0.4, 0.5) is 0 Å². The lowest BCUT2D eigenvalue weighted by atomic mass is 10.4. The lowest BCUT2D eigenvalue weighted by Crippen LogP contribution is -2.43. The molecule has 6 heteroatoms. The van der Waals surface area contributed by atoms with Gasteiger partial charge in [-0.3, -0.25) is 18.7 Å². The van der Waals surface area contributed by atoms with Gasteiger partial charge in [0.15, 0.2) is 0 Å². The summed E-state index contributed by atoms with van der Waals surface area (Å²) in [6.45, 7) is 1.78. The Morgan fingerprint density at radius 2 is 2.15 bits per heavy atom. The maximum atomic E-state index is 11.0. The number of hydrogen-bond donors (Lipinski definition) is 1. The molecule has 5 nitrogen and oxygen atoms in total. The zero-order valence-corrected chi connectivity index (χ0v) is 8.43. The fourth-order valence-corrected chi connectivity index (χ4v) is 2.31. The molecule has 0 atom stereocenters. The molecular weight excluding hydrogens is 192 g/mol. The molecule has 0 spiro atoms. The van der Waals surface area contributed by atoms with Crippen LogP contribution in [0.25, 0.3) is 0 Å². The second-order valence-electron chi connectivity index (χ2n) is 2.85. The van der Waals surface area contributed by atoms with Gasteiger partial charge in [-0.05, 0) is 0 Å². The number of hydroxylamine groups is 1. The van der Waals surface area contributed by atoms with E-state index in [1.165, 1.54) is 7.11 Å². The van der Waals surface area contributed by atoms with Crippen LogP contribution >= 0.6 is 0 Å². The van der Waals surface area contributed by atoms with Crippen LogP contribution in [0.1, 0.15) is 0 Å². The number of nitrogens with zero attached hydrogens (tertiary/aromatic N) is 1. The van der Waals surface area contributed by atoms with Crippen molar-refractivity contribution in [2.24, 2.45) is 0 Å². The maximum Gasteiger partial charge on any atom is 0.257 e. The molecule has 1 saturated heterocycles. The summed E-state index contributed by atoms with van der Waals surface area (Å²) in [5, 5.41) is 0. The van der Waals surface area contributed by atoms with Gasteiger partial charge in [-0.1, -0.05) is 0 Å². The van der Waals surface area contributed by atoms with Gasteiger partial charge in [0.05, 0.1) is 13.7 Å². The Balaban J connectivity index is 2.22. The molecule has 0 saturated carbocycles. The highest BCUT2D eigenvalue weighted by Gasteiger charge is 2.17. The number of rotatable bonds is 3. The lowest BCUT2D eigenvalue weighted by Gasteiger charge is -2.24. The van der Waals surface area contributed by atoms with Gasteiger partial charge >= 0.3 is 0 Å². The highest BCUT2D eigenvalue weighted by atomic mass is 32.2. The molecule has 0 unspecified atom stereocenters. The number of carbonyl (C=O) groups excluding carboxylic acids is 1. The van der Waals surface area contributed by atoms with Crippen LogP contribution in [-0.2, 0) is 20.4 Å².